The summed E-state index contributed by atoms with van der Waals surface area (Å²) in [6, 6.07) is 9.08. The Balaban J connectivity index is 0.00000300. The number of halogens is 1. The second-order valence-corrected chi connectivity index (χ2v) is 9.68. The van der Waals surface area contributed by atoms with Gasteiger partial charge in [-0.25, -0.2) is 0 Å². The molecule has 0 amide bonds. The molecule has 0 aliphatic carbocycles. The second-order valence-electron chi connectivity index (χ2n) is 9.68. The molecular formula is C23H40IN5. The molecule has 2 saturated heterocycles. The molecule has 3 rings (SSSR count). The first-order valence-electron chi connectivity index (χ1n) is 10.7. The fourth-order valence-electron chi connectivity index (χ4n) is 4.16. The Kier molecular flexibility index (Phi) is 8.39. The van der Waals surface area contributed by atoms with Crippen LogP contribution in [0, 0.1) is 5.41 Å². The minimum atomic E-state index is 0. The van der Waals surface area contributed by atoms with Crippen molar-refractivity contribution < 1.29 is 0 Å². The van der Waals surface area contributed by atoms with Gasteiger partial charge in [0.25, 0.3) is 0 Å². The number of rotatable bonds is 4. The molecule has 1 N–H and O–H groups in total. The monoisotopic (exact) mass is 513 g/mol. The van der Waals surface area contributed by atoms with Gasteiger partial charge in [0.15, 0.2) is 5.96 Å². The van der Waals surface area contributed by atoms with Crippen molar-refractivity contribution in [2.45, 2.75) is 52.7 Å². The molecule has 1 aromatic rings. The number of hydrogen-bond acceptors (Lipinski definition) is 3. The highest BCUT2D eigenvalue weighted by Gasteiger charge is 2.53. The van der Waals surface area contributed by atoms with Crippen LogP contribution in [0.2, 0.25) is 0 Å². The van der Waals surface area contributed by atoms with Gasteiger partial charge in [0.1, 0.15) is 0 Å². The molecule has 0 radical (unpaired) electrons. The maximum absolute atomic E-state index is 4.52. The zero-order valence-electron chi connectivity index (χ0n) is 19.2. The Morgan fingerprint density at radius 2 is 1.66 bits per heavy atom. The van der Waals surface area contributed by atoms with E-state index in [4.69, 9.17) is 0 Å². The minimum Gasteiger partial charge on any atom is -0.352 e. The molecule has 29 heavy (non-hydrogen) atoms. The van der Waals surface area contributed by atoms with Gasteiger partial charge in [-0.3, -0.25) is 9.89 Å². The van der Waals surface area contributed by atoms with Gasteiger partial charge in [0, 0.05) is 50.7 Å². The maximum Gasteiger partial charge on any atom is 0.194 e. The third kappa shape index (κ3) is 5.64. The lowest BCUT2D eigenvalue weighted by Crippen LogP contribution is -2.72. The van der Waals surface area contributed by atoms with E-state index in [2.05, 4.69) is 84.0 Å². The highest BCUT2D eigenvalue weighted by atomic mass is 127. The molecule has 164 valence electrons. The van der Waals surface area contributed by atoms with Gasteiger partial charge >= 0.3 is 0 Å². The molecule has 5 nitrogen and oxygen atoms in total. The predicted octanol–water partition coefficient (Wildman–Crippen LogP) is 3.64. The van der Waals surface area contributed by atoms with E-state index in [-0.39, 0.29) is 29.5 Å². The van der Waals surface area contributed by atoms with E-state index >= 15 is 0 Å². The van der Waals surface area contributed by atoms with Crippen molar-refractivity contribution in [1.82, 2.24) is 20.0 Å². The highest BCUT2D eigenvalue weighted by molar-refractivity contribution is 14.0. The Labute approximate surface area is 194 Å². The molecule has 0 atom stereocenters. The summed E-state index contributed by atoms with van der Waals surface area (Å²) in [5.74, 6) is 1.00. The molecule has 2 fully saturated rings. The molecule has 2 aliphatic heterocycles. The minimum absolute atomic E-state index is 0. The third-order valence-corrected chi connectivity index (χ3v) is 7.04. The van der Waals surface area contributed by atoms with Gasteiger partial charge in [-0.15, -0.1) is 24.0 Å². The Morgan fingerprint density at radius 3 is 2.24 bits per heavy atom. The van der Waals surface area contributed by atoms with E-state index in [0.717, 1.165) is 32.1 Å². The molecule has 0 spiro atoms. The van der Waals surface area contributed by atoms with Gasteiger partial charge in [-0.1, -0.05) is 38.1 Å². The van der Waals surface area contributed by atoms with Crippen molar-refractivity contribution in [2.75, 3.05) is 46.8 Å². The average Bonchev–Trinajstić information content (AvgIpc) is 2.87. The van der Waals surface area contributed by atoms with Crippen LogP contribution < -0.4 is 5.32 Å². The Morgan fingerprint density at radius 1 is 1.00 bits per heavy atom. The lowest BCUT2D eigenvalue weighted by molar-refractivity contribution is -0.0667. The Hall–Kier alpha value is -0.860. The standard InChI is InChI=1S/C23H39N5.HI/c1-22(2)18-28(23(22,3)4)21(24-5)25-16-19-8-10-20(11-9-19)17-27-13-7-12-26(6)14-15-27;/h8-11H,7,12-18H2,1-6H3,(H,24,25);1H. The molecule has 2 heterocycles. The maximum atomic E-state index is 4.52. The summed E-state index contributed by atoms with van der Waals surface area (Å²) in [7, 11) is 4.10. The first-order valence-corrected chi connectivity index (χ1v) is 10.7. The van der Waals surface area contributed by atoms with Gasteiger partial charge in [-0.2, -0.15) is 0 Å². The summed E-state index contributed by atoms with van der Waals surface area (Å²) in [6.07, 6.45) is 1.27. The van der Waals surface area contributed by atoms with Crippen molar-refractivity contribution in [3.8, 4) is 0 Å². The quantitative estimate of drug-likeness (QED) is 0.379. The van der Waals surface area contributed by atoms with Crippen LogP contribution in [0.15, 0.2) is 29.3 Å². The zero-order valence-corrected chi connectivity index (χ0v) is 21.5. The van der Waals surface area contributed by atoms with Gasteiger partial charge in [0.05, 0.1) is 0 Å². The topological polar surface area (TPSA) is 34.1 Å². The van der Waals surface area contributed by atoms with Crippen LogP contribution in [0.5, 0.6) is 0 Å². The molecule has 0 aromatic heterocycles. The normalized spacial score (nSPS) is 22.4. The van der Waals surface area contributed by atoms with Crippen LogP contribution in [-0.4, -0.2) is 73.0 Å². The predicted molar refractivity (Wildman–Crippen MR) is 134 cm³/mol. The lowest BCUT2D eigenvalue weighted by atomic mass is 9.65. The summed E-state index contributed by atoms with van der Waals surface area (Å²) in [5, 5.41) is 3.56. The van der Waals surface area contributed by atoms with Crippen LogP contribution in [0.4, 0.5) is 0 Å². The van der Waals surface area contributed by atoms with Crippen LogP contribution in [0.3, 0.4) is 0 Å². The lowest BCUT2D eigenvalue weighted by Gasteiger charge is -2.62. The number of benzene rings is 1. The Bertz CT molecular complexity index is 683. The van der Waals surface area contributed by atoms with Crippen LogP contribution in [-0.2, 0) is 13.1 Å². The van der Waals surface area contributed by atoms with E-state index < -0.39 is 0 Å². The molecule has 0 unspecified atom stereocenters. The van der Waals surface area contributed by atoms with Crippen LogP contribution >= 0.6 is 24.0 Å². The molecule has 1 aromatic carbocycles. The van der Waals surface area contributed by atoms with E-state index in [0.29, 0.717) is 5.41 Å². The summed E-state index contributed by atoms with van der Waals surface area (Å²) < 4.78 is 0. The van der Waals surface area contributed by atoms with Gasteiger partial charge in [-0.05, 0) is 51.5 Å². The van der Waals surface area contributed by atoms with Crippen molar-refractivity contribution in [3.05, 3.63) is 35.4 Å². The zero-order chi connectivity index (χ0) is 20.4. The molecule has 0 bridgehead atoms. The number of nitrogens with one attached hydrogen (secondary N) is 1. The molecule has 6 heteroatoms. The van der Waals surface area contributed by atoms with E-state index in [1.807, 2.05) is 7.05 Å². The number of hydrogen-bond donors (Lipinski definition) is 1. The second kappa shape index (κ2) is 9.96. The molecule has 0 saturated carbocycles. The first kappa shape index (κ1) is 24.4. The SMILES string of the molecule is CN=C(NCc1ccc(CN2CCCN(C)CC2)cc1)N1CC(C)(C)C1(C)C.I. The average molecular weight is 514 g/mol. The summed E-state index contributed by atoms with van der Waals surface area (Å²) in [4.78, 5) is 11.9. The number of nitrogens with zero attached hydrogens (tertiary/aromatic N) is 4. The first-order chi connectivity index (χ1) is 13.2. The smallest absolute Gasteiger partial charge is 0.194 e. The largest absolute Gasteiger partial charge is 0.352 e. The van der Waals surface area contributed by atoms with E-state index in [1.165, 1.54) is 37.2 Å². The number of likely N-dealkylation sites (tertiary alicyclic amines) is 1. The number of likely N-dealkylation sites (N-methyl/N-ethyl adjacent to an activating group) is 1. The van der Waals surface area contributed by atoms with Crippen LogP contribution in [0.1, 0.15) is 45.2 Å². The summed E-state index contributed by atoms with van der Waals surface area (Å²) >= 11 is 0. The van der Waals surface area contributed by atoms with E-state index in [9.17, 15) is 0 Å². The highest BCUT2D eigenvalue weighted by Crippen LogP contribution is 2.46. The van der Waals surface area contributed by atoms with E-state index in [1.54, 1.807) is 0 Å². The third-order valence-electron chi connectivity index (χ3n) is 7.04. The summed E-state index contributed by atoms with van der Waals surface area (Å²) in [5.41, 5.74) is 3.15. The fourth-order valence-corrected chi connectivity index (χ4v) is 4.16. The van der Waals surface area contributed by atoms with Crippen LogP contribution in [0.25, 0.3) is 0 Å². The van der Waals surface area contributed by atoms with Crippen molar-refractivity contribution >= 4 is 29.9 Å². The number of aliphatic imine (C=N–C) groups is 1. The molecular weight excluding hydrogens is 473 g/mol. The van der Waals surface area contributed by atoms with Gasteiger partial charge < -0.3 is 15.1 Å². The number of guanidine groups is 1. The van der Waals surface area contributed by atoms with Crippen molar-refractivity contribution in [1.29, 1.82) is 0 Å². The van der Waals surface area contributed by atoms with Crippen molar-refractivity contribution in [3.63, 3.8) is 0 Å². The summed E-state index contributed by atoms with van der Waals surface area (Å²) in [6.45, 7) is 16.9. The molecule has 2 aliphatic rings. The van der Waals surface area contributed by atoms with Gasteiger partial charge in [0.2, 0.25) is 0 Å². The van der Waals surface area contributed by atoms with Crippen molar-refractivity contribution in [2.24, 2.45) is 10.4 Å². The fraction of sp³-hybridized carbons (Fsp3) is 0.696.